The highest BCUT2D eigenvalue weighted by molar-refractivity contribution is 5.61. The molecule has 16 heavy (non-hydrogen) atoms. The molecular formula is C15H23N. The van der Waals surface area contributed by atoms with Gasteiger partial charge in [-0.1, -0.05) is 44.4 Å². The fourth-order valence-electron chi connectivity index (χ4n) is 2.84. The summed E-state index contributed by atoms with van der Waals surface area (Å²) in [5, 5.41) is 3.58. The standard InChI is InChI=1S/C15H23N/c1-4-6-9-15(5-2)11-16-14-8-7-12(3)10-13(14)15/h7-8,10,16H,4-6,9,11H2,1-3H3. The largest absolute Gasteiger partial charge is 0.384 e. The molecule has 0 aliphatic carbocycles. The summed E-state index contributed by atoms with van der Waals surface area (Å²) in [6.45, 7) is 7.93. The van der Waals surface area contributed by atoms with Crippen LogP contribution in [0, 0.1) is 6.92 Å². The lowest BCUT2D eigenvalue weighted by molar-refractivity contribution is 0.402. The van der Waals surface area contributed by atoms with Crippen molar-refractivity contribution in [2.24, 2.45) is 0 Å². The third-order valence-corrected chi connectivity index (χ3v) is 4.05. The Morgan fingerprint density at radius 2 is 2.12 bits per heavy atom. The van der Waals surface area contributed by atoms with Gasteiger partial charge in [-0.05, 0) is 31.4 Å². The number of hydrogen-bond acceptors (Lipinski definition) is 1. The second-order valence-electron chi connectivity index (χ2n) is 5.14. The third-order valence-electron chi connectivity index (χ3n) is 4.05. The zero-order valence-electron chi connectivity index (χ0n) is 10.8. The van der Waals surface area contributed by atoms with Gasteiger partial charge in [0.1, 0.15) is 0 Å². The number of anilines is 1. The molecule has 2 rings (SSSR count). The zero-order chi connectivity index (χ0) is 11.6. The van der Waals surface area contributed by atoms with Crippen molar-refractivity contribution in [2.45, 2.75) is 51.9 Å². The molecule has 1 N–H and O–H groups in total. The van der Waals surface area contributed by atoms with E-state index in [0.717, 1.165) is 6.54 Å². The van der Waals surface area contributed by atoms with Gasteiger partial charge in [-0.2, -0.15) is 0 Å². The van der Waals surface area contributed by atoms with Crippen LogP contribution in [0.1, 0.15) is 50.7 Å². The predicted molar refractivity (Wildman–Crippen MR) is 71.2 cm³/mol. The van der Waals surface area contributed by atoms with Crippen LogP contribution in [0.2, 0.25) is 0 Å². The van der Waals surface area contributed by atoms with Gasteiger partial charge in [0.15, 0.2) is 0 Å². The molecule has 1 heterocycles. The SMILES string of the molecule is CCCCC1(CC)CNc2ccc(C)cc21. The van der Waals surface area contributed by atoms with Crippen molar-refractivity contribution < 1.29 is 0 Å². The summed E-state index contributed by atoms with van der Waals surface area (Å²) in [6, 6.07) is 6.83. The van der Waals surface area contributed by atoms with Gasteiger partial charge < -0.3 is 5.32 Å². The maximum Gasteiger partial charge on any atom is 0.0379 e. The number of hydrogen-bond donors (Lipinski definition) is 1. The molecule has 88 valence electrons. The molecule has 0 saturated carbocycles. The number of benzene rings is 1. The first-order valence-electron chi connectivity index (χ1n) is 6.57. The van der Waals surface area contributed by atoms with Crippen molar-refractivity contribution in [3.05, 3.63) is 29.3 Å². The third kappa shape index (κ3) is 1.83. The highest BCUT2D eigenvalue weighted by Gasteiger charge is 2.36. The smallest absolute Gasteiger partial charge is 0.0379 e. The maximum atomic E-state index is 3.58. The number of aryl methyl sites for hydroxylation is 1. The summed E-state index contributed by atoms with van der Waals surface area (Å²) < 4.78 is 0. The van der Waals surface area contributed by atoms with Gasteiger partial charge in [-0.25, -0.2) is 0 Å². The summed E-state index contributed by atoms with van der Waals surface area (Å²) in [6.07, 6.45) is 5.20. The second-order valence-corrected chi connectivity index (χ2v) is 5.14. The molecule has 0 fully saturated rings. The van der Waals surface area contributed by atoms with E-state index in [4.69, 9.17) is 0 Å². The summed E-state index contributed by atoms with van der Waals surface area (Å²) >= 11 is 0. The lowest BCUT2D eigenvalue weighted by Crippen LogP contribution is -2.27. The number of rotatable bonds is 4. The second kappa shape index (κ2) is 4.48. The number of nitrogens with one attached hydrogen (secondary N) is 1. The Kier molecular flexibility index (Phi) is 3.22. The average Bonchev–Trinajstić information content (AvgIpc) is 2.66. The summed E-state index contributed by atoms with van der Waals surface area (Å²) in [5.41, 5.74) is 4.71. The van der Waals surface area contributed by atoms with Gasteiger partial charge in [-0.15, -0.1) is 0 Å². The molecule has 1 atom stereocenters. The Morgan fingerprint density at radius 1 is 1.31 bits per heavy atom. The molecule has 0 bridgehead atoms. The van der Waals surface area contributed by atoms with Gasteiger partial charge >= 0.3 is 0 Å². The number of unbranched alkanes of at least 4 members (excludes halogenated alkanes) is 1. The topological polar surface area (TPSA) is 12.0 Å². The first kappa shape index (κ1) is 11.5. The van der Waals surface area contributed by atoms with Crippen LogP contribution in [0.3, 0.4) is 0 Å². The van der Waals surface area contributed by atoms with Crippen molar-refractivity contribution in [1.29, 1.82) is 0 Å². The van der Waals surface area contributed by atoms with E-state index in [2.05, 4.69) is 44.3 Å². The Balaban J connectivity index is 2.34. The summed E-state index contributed by atoms with van der Waals surface area (Å²) in [7, 11) is 0. The summed E-state index contributed by atoms with van der Waals surface area (Å²) in [5.74, 6) is 0. The molecule has 0 saturated heterocycles. The molecular weight excluding hydrogens is 194 g/mol. The van der Waals surface area contributed by atoms with E-state index < -0.39 is 0 Å². The number of fused-ring (bicyclic) bond motifs is 1. The molecule has 1 aliphatic heterocycles. The Labute approximate surface area is 99.3 Å². The van der Waals surface area contributed by atoms with Crippen LogP contribution in [0.15, 0.2) is 18.2 Å². The van der Waals surface area contributed by atoms with Crippen LogP contribution in [0.4, 0.5) is 5.69 Å². The van der Waals surface area contributed by atoms with Crippen LogP contribution >= 0.6 is 0 Å². The fraction of sp³-hybridized carbons (Fsp3) is 0.600. The highest BCUT2D eigenvalue weighted by atomic mass is 14.9. The van der Waals surface area contributed by atoms with Crippen molar-refractivity contribution in [1.82, 2.24) is 0 Å². The lowest BCUT2D eigenvalue weighted by atomic mass is 9.75. The van der Waals surface area contributed by atoms with Crippen molar-refractivity contribution in [3.8, 4) is 0 Å². The highest BCUT2D eigenvalue weighted by Crippen LogP contribution is 2.43. The normalized spacial score (nSPS) is 22.9. The van der Waals surface area contributed by atoms with Crippen LogP contribution in [-0.2, 0) is 5.41 Å². The molecule has 0 spiro atoms. The van der Waals surface area contributed by atoms with Gasteiger partial charge in [-0.3, -0.25) is 0 Å². The van der Waals surface area contributed by atoms with Gasteiger partial charge in [0.2, 0.25) is 0 Å². The molecule has 1 nitrogen and oxygen atoms in total. The van der Waals surface area contributed by atoms with Crippen LogP contribution < -0.4 is 5.32 Å². The minimum absolute atomic E-state index is 0.400. The quantitative estimate of drug-likeness (QED) is 0.794. The minimum atomic E-state index is 0.400. The van der Waals surface area contributed by atoms with Crippen LogP contribution in [0.5, 0.6) is 0 Å². The summed E-state index contributed by atoms with van der Waals surface area (Å²) in [4.78, 5) is 0. The Bertz CT molecular complexity index is 370. The fourth-order valence-corrected chi connectivity index (χ4v) is 2.84. The van der Waals surface area contributed by atoms with Gasteiger partial charge in [0.25, 0.3) is 0 Å². The zero-order valence-corrected chi connectivity index (χ0v) is 10.8. The average molecular weight is 217 g/mol. The van der Waals surface area contributed by atoms with E-state index in [0.29, 0.717) is 5.41 Å². The molecule has 0 amide bonds. The van der Waals surface area contributed by atoms with E-state index in [1.165, 1.54) is 36.9 Å². The molecule has 0 radical (unpaired) electrons. The van der Waals surface area contributed by atoms with E-state index in [9.17, 15) is 0 Å². The molecule has 1 unspecified atom stereocenters. The molecule has 1 aliphatic rings. The molecule has 1 aromatic rings. The van der Waals surface area contributed by atoms with Crippen LogP contribution in [-0.4, -0.2) is 6.54 Å². The molecule has 1 heteroatoms. The maximum absolute atomic E-state index is 3.58. The molecule has 0 aromatic heterocycles. The first-order valence-corrected chi connectivity index (χ1v) is 6.57. The van der Waals surface area contributed by atoms with Crippen molar-refractivity contribution in [2.75, 3.05) is 11.9 Å². The predicted octanol–water partition coefficient (Wildman–Crippen LogP) is 4.26. The van der Waals surface area contributed by atoms with Crippen LogP contribution in [0.25, 0.3) is 0 Å². The van der Waals surface area contributed by atoms with E-state index >= 15 is 0 Å². The minimum Gasteiger partial charge on any atom is -0.384 e. The van der Waals surface area contributed by atoms with Gasteiger partial charge in [0, 0.05) is 17.6 Å². The first-order chi connectivity index (χ1) is 7.72. The molecule has 1 aromatic carbocycles. The van der Waals surface area contributed by atoms with E-state index in [1.54, 1.807) is 5.56 Å². The Hall–Kier alpha value is -0.980. The van der Waals surface area contributed by atoms with E-state index in [-0.39, 0.29) is 0 Å². The Morgan fingerprint density at radius 3 is 2.81 bits per heavy atom. The van der Waals surface area contributed by atoms with Crippen molar-refractivity contribution in [3.63, 3.8) is 0 Å². The van der Waals surface area contributed by atoms with E-state index in [1.807, 2.05) is 0 Å². The van der Waals surface area contributed by atoms with Crippen molar-refractivity contribution >= 4 is 5.69 Å². The lowest BCUT2D eigenvalue weighted by Gasteiger charge is -2.28. The van der Waals surface area contributed by atoms with Gasteiger partial charge in [0.05, 0.1) is 0 Å². The monoisotopic (exact) mass is 217 g/mol.